The Kier molecular flexibility index (Phi) is 4.97. The normalized spacial score (nSPS) is 10.5. The third-order valence-electron chi connectivity index (χ3n) is 3.37. The molecule has 0 saturated carbocycles. The number of amides is 1. The van der Waals surface area contributed by atoms with Gasteiger partial charge in [0.15, 0.2) is 5.82 Å². The lowest BCUT2D eigenvalue weighted by Crippen LogP contribution is -2.23. The Labute approximate surface area is 146 Å². The maximum atomic E-state index is 13.2. The zero-order chi connectivity index (χ0) is 18.5. The molecule has 2 heterocycles. The molecule has 0 spiro atoms. The van der Waals surface area contributed by atoms with Gasteiger partial charge in [0.05, 0.1) is 17.8 Å². The Morgan fingerprint density at radius 2 is 2.08 bits per heavy atom. The molecule has 0 aliphatic heterocycles. The number of carbonyl (C=O) groups is 2. The minimum atomic E-state index is -1.08. The van der Waals surface area contributed by atoms with Gasteiger partial charge in [-0.05, 0) is 24.3 Å². The van der Waals surface area contributed by atoms with Crippen LogP contribution in [-0.2, 0) is 17.8 Å². The molecule has 3 rings (SSSR count). The molecule has 26 heavy (non-hydrogen) atoms. The van der Waals surface area contributed by atoms with E-state index in [0.717, 1.165) is 0 Å². The van der Waals surface area contributed by atoms with Crippen LogP contribution in [0.1, 0.15) is 22.1 Å². The van der Waals surface area contributed by atoms with Crippen molar-refractivity contribution in [1.29, 1.82) is 0 Å². The summed E-state index contributed by atoms with van der Waals surface area (Å²) in [6, 6.07) is 9.16. The van der Waals surface area contributed by atoms with Crippen molar-refractivity contribution >= 4 is 11.9 Å². The quantitative estimate of drug-likeness (QED) is 0.691. The first-order chi connectivity index (χ1) is 12.5. The third-order valence-corrected chi connectivity index (χ3v) is 3.37. The smallest absolute Gasteiger partial charge is 0.311 e. The first-order valence-corrected chi connectivity index (χ1v) is 7.55. The fourth-order valence-electron chi connectivity index (χ4n) is 2.17. The zero-order valence-electron chi connectivity index (χ0n) is 13.3. The standard InChI is InChI=1S/C17H13FN4O4/c18-12-3-1-2-10(6-12)13-5-4-11(8-19-13)17(25)20-9-15-21-14(22-26-15)7-16(23)24/h1-6,8H,7,9H2,(H,20,25)(H,23,24). The van der Waals surface area contributed by atoms with Gasteiger partial charge in [-0.15, -0.1) is 0 Å². The molecule has 0 unspecified atom stereocenters. The van der Waals surface area contributed by atoms with Gasteiger partial charge < -0.3 is 14.9 Å². The summed E-state index contributed by atoms with van der Waals surface area (Å²) >= 11 is 0. The molecule has 0 saturated heterocycles. The number of halogens is 1. The molecule has 0 aliphatic carbocycles. The van der Waals surface area contributed by atoms with E-state index in [0.29, 0.717) is 16.8 Å². The van der Waals surface area contributed by atoms with Gasteiger partial charge in [0.25, 0.3) is 5.91 Å². The van der Waals surface area contributed by atoms with Crippen molar-refractivity contribution in [2.75, 3.05) is 0 Å². The van der Waals surface area contributed by atoms with Crippen LogP contribution >= 0.6 is 0 Å². The summed E-state index contributed by atoms with van der Waals surface area (Å²) in [5.74, 6) is -1.73. The topological polar surface area (TPSA) is 118 Å². The third kappa shape index (κ3) is 4.26. The van der Waals surface area contributed by atoms with Gasteiger partial charge in [-0.1, -0.05) is 17.3 Å². The average molecular weight is 356 g/mol. The number of aliphatic carboxylic acids is 1. The Bertz CT molecular complexity index is 940. The van der Waals surface area contributed by atoms with Crippen molar-refractivity contribution in [2.24, 2.45) is 0 Å². The molecular weight excluding hydrogens is 343 g/mol. The molecule has 1 aromatic carbocycles. The predicted molar refractivity (Wildman–Crippen MR) is 86.4 cm³/mol. The number of benzene rings is 1. The maximum Gasteiger partial charge on any atom is 0.311 e. The van der Waals surface area contributed by atoms with Gasteiger partial charge >= 0.3 is 5.97 Å². The van der Waals surface area contributed by atoms with E-state index >= 15 is 0 Å². The number of hydrogen-bond donors (Lipinski definition) is 2. The lowest BCUT2D eigenvalue weighted by Gasteiger charge is -2.04. The summed E-state index contributed by atoms with van der Waals surface area (Å²) in [7, 11) is 0. The first-order valence-electron chi connectivity index (χ1n) is 7.55. The Morgan fingerprint density at radius 1 is 1.23 bits per heavy atom. The van der Waals surface area contributed by atoms with Crippen LogP contribution in [-0.4, -0.2) is 32.1 Å². The molecule has 2 N–H and O–H groups in total. The largest absolute Gasteiger partial charge is 0.481 e. The SMILES string of the molecule is O=C(O)Cc1noc(CNC(=O)c2ccc(-c3cccc(F)c3)nc2)n1. The highest BCUT2D eigenvalue weighted by molar-refractivity contribution is 5.94. The molecule has 0 radical (unpaired) electrons. The molecule has 0 fully saturated rings. The van der Waals surface area contributed by atoms with Gasteiger partial charge in [0.1, 0.15) is 12.2 Å². The van der Waals surface area contributed by atoms with Crippen molar-refractivity contribution in [1.82, 2.24) is 20.4 Å². The van der Waals surface area contributed by atoms with E-state index in [2.05, 4.69) is 20.4 Å². The van der Waals surface area contributed by atoms with Crippen LogP contribution < -0.4 is 5.32 Å². The molecule has 0 atom stereocenters. The molecular formula is C17H13FN4O4. The summed E-state index contributed by atoms with van der Waals surface area (Å²) in [5, 5.41) is 14.7. The van der Waals surface area contributed by atoms with Gasteiger partial charge in [-0.2, -0.15) is 4.98 Å². The van der Waals surface area contributed by atoms with Crippen LogP contribution in [0.15, 0.2) is 47.1 Å². The molecule has 3 aromatic rings. The Morgan fingerprint density at radius 3 is 2.77 bits per heavy atom. The van der Waals surface area contributed by atoms with Crippen molar-refractivity contribution < 1.29 is 23.6 Å². The minimum absolute atomic E-state index is 0.0304. The second-order valence-electron chi connectivity index (χ2n) is 5.30. The highest BCUT2D eigenvalue weighted by Crippen LogP contribution is 2.17. The van der Waals surface area contributed by atoms with Crippen LogP contribution in [0.25, 0.3) is 11.3 Å². The molecule has 0 bridgehead atoms. The number of hydrogen-bond acceptors (Lipinski definition) is 6. The lowest BCUT2D eigenvalue weighted by atomic mass is 10.1. The maximum absolute atomic E-state index is 13.2. The molecule has 132 valence electrons. The van der Waals surface area contributed by atoms with E-state index < -0.39 is 11.9 Å². The molecule has 0 aliphatic rings. The summed E-state index contributed by atoms with van der Waals surface area (Å²) < 4.78 is 18.1. The van der Waals surface area contributed by atoms with Crippen LogP contribution in [0.3, 0.4) is 0 Å². The lowest BCUT2D eigenvalue weighted by molar-refractivity contribution is -0.136. The van der Waals surface area contributed by atoms with Crippen LogP contribution in [0.4, 0.5) is 4.39 Å². The number of nitrogens with zero attached hydrogens (tertiary/aromatic N) is 3. The van der Waals surface area contributed by atoms with Crippen molar-refractivity contribution in [2.45, 2.75) is 13.0 Å². The molecule has 9 heteroatoms. The number of carboxylic acid groups (broad SMARTS) is 1. The number of rotatable bonds is 6. The van der Waals surface area contributed by atoms with E-state index in [1.165, 1.54) is 18.3 Å². The molecule has 8 nitrogen and oxygen atoms in total. The Balaban J connectivity index is 1.61. The average Bonchev–Trinajstić information content (AvgIpc) is 3.06. The minimum Gasteiger partial charge on any atom is -0.481 e. The summed E-state index contributed by atoms with van der Waals surface area (Å²) in [6.07, 6.45) is 1.02. The number of pyridine rings is 1. The second kappa shape index (κ2) is 7.51. The molecule has 2 aromatic heterocycles. The van der Waals surface area contributed by atoms with Crippen molar-refractivity contribution in [3.63, 3.8) is 0 Å². The second-order valence-corrected chi connectivity index (χ2v) is 5.30. The van der Waals surface area contributed by atoms with Gasteiger partial charge in [-0.25, -0.2) is 4.39 Å². The zero-order valence-corrected chi connectivity index (χ0v) is 13.3. The number of carboxylic acids is 1. The van der Waals surface area contributed by atoms with E-state index in [-0.39, 0.29) is 30.5 Å². The van der Waals surface area contributed by atoms with Gasteiger partial charge in [0.2, 0.25) is 5.89 Å². The highest BCUT2D eigenvalue weighted by atomic mass is 19.1. The van der Waals surface area contributed by atoms with Crippen LogP contribution in [0, 0.1) is 5.82 Å². The predicted octanol–water partition coefficient (Wildman–Crippen LogP) is 1.83. The van der Waals surface area contributed by atoms with E-state index in [9.17, 15) is 14.0 Å². The summed E-state index contributed by atoms with van der Waals surface area (Å²) in [6.45, 7) is -0.0445. The van der Waals surface area contributed by atoms with Gasteiger partial charge in [-0.3, -0.25) is 14.6 Å². The monoisotopic (exact) mass is 356 g/mol. The number of nitrogens with one attached hydrogen (secondary N) is 1. The summed E-state index contributed by atoms with van der Waals surface area (Å²) in [4.78, 5) is 30.7. The van der Waals surface area contributed by atoms with Crippen LogP contribution in [0.5, 0.6) is 0 Å². The van der Waals surface area contributed by atoms with E-state index in [1.54, 1.807) is 24.3 Å². The molecule has 1 amide bonds. The number of aromatic nitrogens is 3. The fraction of sp³-hybridized carbons (Fsp3) is 0.118. The van der Waals surface area contributed by atoms with E-state index in [1.807, 2.05) is 0 Å². The fourth-order valence-corrected chi connectivity index (χ4v) is 2.17. The first kappa shape index (κ1) is 17.2. The number of carbonyl (C=O) groups excluding carboxylic acids is 1. The van der Waals surface area contributed by atoms with Gasteiger partial charge in [0, 0.05) is 11.8 Å². The summed E-state index contributed by atoms with van der Waals surface area (Å²) in [5.41, 5.74) is 1.44. The Hall–Kier alpha value is -3.62. The van der Waals surface area contributed by atoms with Crippen LogP contribution in [0.2, 0.25) is 0 Å². The van der Waals surface area contributed by atoms with Crippen molar-refractivity contribution in [3.8, 4) is 11.3 Å². The van der Waals surface area contributed by atoms with E-state index in [4.69, 9.17) is 9.63 Å². The highest BCUT2D eigenvalue weighted by Gasteiger charge is 2.12. The van der Waals surface area contributed by atoms with Crippen molar-refractivity contribution in [3.05, 3.63) is 65.7 Å².